The monoisotopic (exact) mass is 448 g/mol. The van der Waals surface area contributed by atoms with E-state index in [1.807, 2.05) is 36.4 Å². The number of carbonyl (C=O) groups is 3. The van der Waals surface area contributed by atoms with E-state index in [-0.39, 0.29) is 24.2 Å². The second-order valence-corrected chi connectivity index (χ2v) is 8.18. The van der Waals surface area contributed by atoms with Crippen LogP contribution in [0.4, 0.5) is 5.69 Å². The van der Waals surface area contributed by atoms with Gasteiger partial charge in [-0.25, -0.2) is 4.79 Å². The number of rotatable bonds is 8. The van der Waals surface area contributed by atoms with Gasteiger partial charge in [-0.2, -0.15) is 0 Å². The fraction of sp³-hybridized carbons (Fsp3) is 0.160. The molecule has 32 heavy (non-hydrogen) atoms. The van der Waals surface area contributed by atoms with E-state index in [1.54, 1.807) is 56.6 Å². The first-order valence-corrected chi connectivity index (χ1v) is 11.0. The van der Waals surface area contributed by atoms with Crippen LogP contribution >= 0.6 is 11.8 Å². The lowest BCUT2D eigenvalue weighted by Crippen LogP contribution is -2.23. The van der Waals surface area contributed by atoms with Crippen molar-refractivity contribution in [1.29, 1.82) is 0 Å². The molecule has 1 N–H and O–H groups in total. The summed E-state index contributed by atoms with van der Waals surface area (Å²) in [5, 5.41) is 2.83. The van der Waals surface area contributed by atoms with Gasteiger partial charge in [0.25, 0.3) is 5.91 Å². The number of hydrogen-bond acceptors (Lipinski definition) is 5. The van der Waals surface area contributed by atoms with Crippen molar-refractivity contribution in [3.8, 4) is 0 Å². The van der Waals surface area contributed by atoms with Gasteiger partial charge in [0.1, 0.15) is 6.61 Å². The molecule has 7 heteroatoms. The topological polar surface area (TPSA) is 75.7 Å². The summed E-state index contributed by atoms with van der Waals surface area (Å²) in [6, 6.07) is 23.2. The number of nitrogens with one attached hydrogen (secondary N) is 1. The largest absolute Gasteiger partial charge is 0.457 e. The third-order valence-electron chi connectivity index (χ3n) is 4.57. The number of carbonyl (C=O) groups excluding carboxylic acids is 3. The standard InChI is InChI=1S/C25H24N2O4S/c1-27(2)23(28)17-32-22-11-7-6-10-21(22)25(30)31-16-18-12-14-19(15-13-18)24(29)26-20-8-4-3-5-9-20/h3-15H,16-17H2,1-2H3,(H,26,29). The molecule has 0 atom stereocenters. The normalized spacial score (nSPS) is 10.3. The van der Waals surface area contributed by atoms with E-state index in [9.17, 15) is 14.4 Å². The van der Waals surface area contributed by atoms with Gasteiger partial charge in [-0.3, -0.25) is 9.59 Å². The quantitative estimate of drug-likeness (QED) is 0.406. The predicted octanol–water partition coefficient (Wildman–Crippen LogP) is 4.48. The molecule has 2 amide bonds. The van der Waals surface area contributed by atoms with Gasteiger partial charge in [-0.05, 0) is 42.0 Å². The SMILES string of the molecule is CN(C)C(=O)CSc1ccccc1C(=O)OCc1ccc(C(=O)Nc2ccccc2)cc1. The lowest BCUT2D eigenvalue weighted by Gasteiger charge is -2.12. The molecule has 164 valence electrons. The summed E-state index contributed by atoms with van der Waals surface area (Å²) in [5.41, 5.74) is 2.42. The van der Waals surface area contributed by atoms with Crippen molar-refractivity contribution in [3.05, 3.63) is 95.6 Å². The number of thioether (sulfide) groups is 1. The second kappa shape index (κ2) is 11.2. The Morgan fingerprint density at radius 3 is 2.22 bits per heavy atom. The summed E-state index contributed by atoms with van der Waals surface area (Å²) in [6.45, 7) is 0.0784. The minimum absolute atomic E-state index is 0.0328. The number of para-hydroxylation sites is 1. The number of esters is 1. The van der Waals surface area contributed by atoms with Crippen LogP contribution < -0.4 is 5.32 Å². The van der Waals surface area contributed by atoms with Gasteiger partial charge in [0.15, 0.2) is 0 Å². The number of hydrogen-bond donors (Lipinski definition) is 1. The number of ether oxygens (including phenoxy) is 1. The molecule has 0 aromatic heterocycles. The minimum Gasteiger partial charge on any atom is -0.457 e. The first-order valence-electron chi connectivity index (χ1n) is 9.98. The van der Waals surface area contributed by atoms with Crippen molar-refractivity contribution < 1.29 is 19.1 Å². The van der Waals surface area contributed by atoms with E-state index < -0.39 is 5.97 Å². The molecule has 0 spiro atoms. The Labute approximate surface area is 191 Å². The highest BCUT2D eigenvalue weighted by Gasteiger charge is 2.15. The van der Waals surface area contributed by atoms with Crippen LogP contribution in [0.25, 0.3) is 0 Å². The lowest BCUT2D eigenvalue weighted by molar-refractivity contribution is -0.125. The Bertz CT molecular complexity index is 1080. The fourth-order valence-corrected chi connectivity index (χ4v) is 3.75. The predicted molar refractivity (Wildman–Crippen MR) is 126 cm³/mol. The number of anilines is 1. The summed E-state index contributed by atoms with van der Waals surface area (Å²) >= 11 is 1.30. The van der Waals surface area contributed by atoms with Crippen LogP contribution in [0.5, 0.6) is 0 Å². The van der Waals surface area contributed by atoms with Gasteiger partial charge in [-0.15, -0.1) is 11.8 Å². The summed E-state index contributed by atoms with van der Waals surface area (Å²) in [5.74, 6) is -0.465. The highest BCUT2D eigenvalue weighted by Crippen LogP contribution is 2.24. The maximum absolute atomic E-state index is 12.6. The molecule has 6 nitrogen and oxygen atoms in total. The second-order valence-electron chi connectivity index (χ2n) is 7.17. The fourth-order valence-electron chi connectivity index (χ4n) is 2.73. The summed E-state index contributed by atoms with van der Waals surface area (Å²) in [4.78, 5) is 39.0. The first kappa shape index (κ1) is 23.1. The van der Waals surface area contributed by atoms with Crippen LogP contribution in [0, 0.1) is 0 Å². The van der Waals surface area contributed by atoms with Crippen molar-refractivity contribution in [2.75, 3.05) is 25.2 Å². The van der Waals surface area contributed by atoms with Gasteiger partial charge in [-0.1, -0.05) is 42.5 Å². The molecule has 0 unspecified atom stereocenters. The lowest BCUT2D eigenvalue weighted by atomic mass is 10.1. The molecule has 0 heterocycles. The summed E-state index contributed by atoms with van der Waals surface area (Å²) in [6.07, 6.45) is 0. The molecule has 0 saturated carbocycles. The van der Waals surface area contributed by atoms with E-state index in [0.717, 1.165) is 11.3 Å². The van der Waals surface area contributed by atoms with Crippen LogP contribution in [0.3, 0.4) is 0 Å². The molecule has 0 saturated heterocycles. The third-order valence-corrected chi connectivity index (χ3v) is 5.63. The van der Waals surface area contributed by atoms with Crippen molar-refractivity contribution in [2.24, 2.45) is 0 Å². The van der Waals surface area contributed by atoms with Crippen molar-refractivity contribution >= 4 is 35.2 Å². The van der Waals surface area contributed by atoms with Gasteiger partial charge in [0.2, 0.25) is 5.91 Å². The molecule has 0 aliphatic rings. The highest BCUT2D eigenvalue weighted by molar-refractivity contribution is 8.00. The summed E-state index contributed by atoms with van der Waals surface area (Å²) < 4.78 is 5.46. The van der Waals surface area contributed by atoms with Gasteiger partial charge < -0.3 is 15.0 Å². The first-order chi connectivity index (χ1) is 15.4. The smallest absolute Gasteiger partial charge is 0.339 e. The maximum atomic E-state index is 12.6. The summed E-state index contributed by atoms with van der Waals surface area (Å²) in [7, 11) is 3.39. The molecule has 0 radical (unpaired) electrons. The molecule has 0 fully saturated rings. The molecule has 0 aliphatic carbocycles. The molecular weight excluding hydrogens is 424 g/mol. The third kappa shape index (κ3) is 6.46. The zero-order chi connectivity index (χ0) is 22.9. The molecule has 0 bridgehead atoms. The van der Waals surface area contributed by atoms with Crippen LogP contribution in [0.1, 0.15) is 26.3 Å². The zero-order valence-corrected chi connectivity index (χ0v) is 18.7. The molecule has 3 aromatic rings. The highest BCUT2D eigenvalue weighted by atomic mass is 32.2. The molecule has 0 aliphatic heterocycles. The Hall–Kier alpha value is -3.58. The number of amides is 2. The van der Waals surface area contributed by atoms with E-state index in [1.165, 1.54) is 16.7 Å². The average molecular weight is 449 g/mol. The van der Waals surface area contributed by atoms with E-state index in [4.69, 9.17) is 4.74 Å². The molecule has 3 aromatic carbocycles. The van der Waals surface area contributed by atoms with Gasteiger partial charge in [0, 0.05) is 30.2 Å². The van der Waals surface area contributed by atoms with E-state index in [2.05, 4.69) is 5.32 Å². The minimum atomic E-state index is -0.462. The molecule has 3 rings (SSSR count). The average Bonchev–Trinajstić information content (AvgIpc) is 2.82. The Morgan fingerprint density at radius 1 is 0.875 bits per heavy atom. The van der Waals surface area contributed by atoms with E-state index >= 15 is 0 Å². The van der Waals surface area contributed by atoms with Gasteiger partial charge in [0.05, 0.1) is 11.3 Å². The zero-order valence-electron chi connectivity index (χ0n) is 17.9. The van der Waals surface area contributed by atoms with Crippen molar-refractivity contribution in [2.45, 2.75) is 11.5 Å². The van der Waals surface area contributed by atoms with Crippen LogP contribution in [0.2, 0.25) is 0 Å². The Balaban J connectivity index is 1.57. The van der Waals surface area contributed by atoms with Crippen LogP contribution in [-0.4, -0.2) is 42.5 Å². The Morgan fingerprint density at radius 2 is 1.53 bits per heavy atom. The van der Waals surface area contributed by atoms with Crippen LogP contribution in [-0.2, 0) is 16.1 Å². The van der Waals surface area contributed by atoms with Gasteiger partial charge >= 0.3 is 5.97 Å². The maximum Gasteiger partial charge on any atom is 0.339 e. The van der Waals surface area contributed by atoms with E-state index in [0.29, 0.717) is 16.0 Å². The molecular formula is C25H24N2O4S. The number of benzene rings is 3. The van der Waals surface area contributed by atoms with Crippen molar-refractivity contribution in [1.82, 2.24) is 4.90 Å². The van der Waals surface area contributed by atoms with Crippen LogP contribution in [0.15, 0.2) is 83.8 Å². The van der Waals surface area contributed by atoms with Crippen molar-refractivity contribution in [3.63, 3.8) is 0 Å². The Kier molecular flexibility index (Phi) is 8.05. The number of nitrogens with zero attached hydrogens (tertiary/aromatic N) is 1.